The minimum atomic E-state index is 0. The minimum Gasteiger partial charge on any atom is -0.340 e. The zero-order valence-electron chi connectivity index (χ0n) is 13.4. The number of hydrogen-bond acceptors (Lipinski definition) is 2. The first kappa shape index (κ1) is 16.3. The molecular weight excluding hydrogens is 292 g/mol. The molecule has 0 atom stereocenters. The second kappa shape index (κ2) is 6.37. The summed E-state index contributed by atoms with van der Waals surface area (Å²) in [6.45, 7) is 8.50. The van der Waals surface area contributed by atoms with E-state index in [0.717, 1.165) is 17.0 Å². The molecule has 0 saturated heterocycles. The van der Waals surface area contributed by atoms with Crippen molar-refractivity contribution in [1.29, 1.82) is 0 Å². The average Bonchev–Trinajstić information content (AvgIpc) is 2.43. The number of nitrogens with zero attached hydrogens (tertiary/aromatic N) is 1. The van der Waals surface area contributed by atoms with Crippen molar-refractivity contribution in [1.82, 2.24) is 4.98 Å². The normalized spacial score (nSPS) is 10.4. The number of pyridine rings is 1. The number of benzene rings is 2. The molecule has 0 amide bonds. The van der Waals surface area contributed by atoms with Crippen LogP contribution < -0.4 is 5.32 Å². The van der Waals surface area contributed by atoms with Gasteiger partial charge in [0.05, 0.1) is 5.52 Å². The number of nitrogens with one attached hydrogen (secondary N) is 1. The summed E-state index contributed by atoms with van der Waals surface area (Å²) in [4.78, 5) is 4.80. The molecule has 3 heteroatoms. The molecule has 0 aliphatic carbocycles. The van der Waals surface area contributed by atoms with Gasteiger partial charge in [0.15, 0.2) is 0 Å². The van der Waals surface area contributed by atoms with Crippen molar-refractivity contribution in [2.45, 2.75) is 27.7 Å². The summed E-state index contributed by atoms with van der Waals surface area (Å²) in [7, 11) is 0. The summed E-state index contributed by atoms with van der Waals surface area (Å²) in [5.41, 5.74) is 7.16. The van der Waals surface area contributed by atoms with Crippen LogP contribution in [-0.2, 0) is 0 Å². The molecule has 0 fully saturated rings. The van der Waals surface area contributed by atoms with Crippen LogP contribution >= 0.6 is 12.4 Å². The monoisotopic (exact) mass is 312 g/mol. The molecule has 0 spiro atoms. The van der Waals surface area contributed by atoms with E-state index in [2.05, 4.69) is 63.3 Å². The first-order valence-corrected chi connectivity index (χ1v) is 7.26. The topological polar surface area (TPSA) is 24.9 Å². The van der Waals surface area contributed by atoms with Gasteiger partial charge >= 0.3 is 0 Å². The number of rotatable bonds is 2. The van der Waals surface area contributed by atoms with Crippen LogP contribution in [0.4, 0.5) is 11.5 Å². The lowest BCUT2D eigenvalue weighted by molar-refractivity contribution is 1.29. The molecule has 2 nitrogen and oxygen atoms in total. The lowest BCUT2D eigenvalue weighted by Crippen LogP contribution is -1.98. The number of aromatic nitrogens is 1. The third-order valence-electron chi connectivity index (χ3n) is 3.86. The Hall–Kier alpha value is -2.06. The third kappa shape index (κ3) is 3.07. The highest BCUT2D eigenvalue weighted by molar-refractivity contribution is 5.87. The van der Waals surface area contributed by atoms with E-state index >= 15 is 0 Å². The minimum absolute atomic E-state index is 0. The van der Waals surface area contributed by atoms with Crippen LogP contribution in [0.1, 0.15) is 22.3 Å². The van der Waals surface area contributed by atoms with Crippen molar-refractivity contribution in [3.8, 4) is 0 Å². The molecule has 3 rings (SSSR count). The lowest BCUT2D eigenvalue weighted by Gasteiger charge is -2.12. The van der Waals surface area contributed by atoms with Gasteiger partial charge in [-0.3, -0.25) is 0 Å². The summed E-state index contributed by atoms with van der Waals surface area (Å²) in [5, 5.41) is 4.67. The van der Waals surface area contributed by atoms with Gasteiger partial charge in [-0.1, -0.05) is 29.8 Å². The maximum absolute atomic E-state index is 4.80. The third-order valence-corrected chi connectivity index (χ3v) is 3.86. The Morgan fingerprint density at radius 1 is 0.818 bits per heavy atom. The predicted molar refractivity (Wildman–Crippen MR) is 97.7 cm³/mol. The van der Waals surface area contributed by atoms with Crippen LogP contribution in [0.2, 0.25) is 0 Å². The second-order valence-corrected chi connectivity index (χ2v) is 5.74. The molecule has 1 N–H and O–H groups in total. The number of fused-ring (bicyclic) bond motifs is 1. The molecule has 22 heavy (non-hydrogen) atoms. The van der Waals surface area contributed by atoms with Crippen molar-refractivity contribution >= 4 is 34.8 Å². The fourth-order valence-electron chi connectivity index (χ4n) is 2.76. The molecule has 0 bridgehead atoms. The molecule has 0 aliphatic rings. The lowest BCUT2D eigenvalue weighted by atomic mass is 10.0. The zero-order valence-corrected chi connectivity index (χ0v) is 14.2. The fraction of sp³-hybridized carbons (Fsp3) is 0.211. The molecule has 1 heterocycles. The quantitative estimate of drug-likeness (QED) is 0.663. The van der Waals surface area contributed by atoms with E-state index in [1.54, 1.807) is 0 Å². The van der Waals surface area contributed by atoms with E-state index in [0.29, 0.717) is 0 Å². The molecule has 114 valence electrons. The molecular formula is C19H21ClN2. The van der Waals surface area contributed by atoms with Crippen LogP contribution in [0.5, 0.6) is 0 Å². The molecule has 0 unspecified atom stereocenters. The van der Waals surface area contributed by atoms with E-state index < -0.39 is 0 Å². The van der Waals surface area contributed by atoms with Crippen LogP contribution in [-0.4, -0.2) is 4.98 Å². The summed E-state index contributed by atoms with van der Waals surface area (Å²) < 4.78 is 0. The maximum atomic E-state index is 4.80. The molecule has 0 saturated carbocycles. The van der Waals surface area contributed by atoms with Crippen LogP contribution in [0.15, 0.2) is 42.5 Å². The highest BCUT2D eigenvalue weighted by atomic mass is 35.5. The predicted octanol–water partition coefficient (Wildman–Crippen LogP) is 5.63. The first-order valence-electron chi connectivity index (χ1n) is 7.26. The Morgan fingerprint density at radius 2 is 1.55 bits per heavy atom. The van der Waals surface area contributed by atoms with Gasteiger partial charge in [-0.25, -0.2) is 4.98 Å². The molecule has 3 aromatic rings. The van der Waals surface area contributed by atoms with Gasteiger partial charge in [-0.2, -0.15) is 0 Å². The van der Waals surface area contributed by atoms with Crippen LogP contribution in [0.3, 0.4) is 0 Å². The first-order chi connectivity index (χ1) is 10.0. The van der Waals surface area contributed by atoms with Gasteiger partial charge in [0.2, 0.25) is 0 Å². The average molecular weight is 313 g/mol. The van der Waals surface area contributed by atoms with Gasteiger partial charge in [-0.15, -0.1) is 12.4 Å². The van der Waals surface area contributed by atoms with Crippen molar-refractivity contribution in [2.24, 2.45) is 0 Å². The fourth-order valence-corrected chi connectivity index (χ4v) is 2.76. The number of para-hydroxylation sites is 1. The summed E-state index contributed by atoms with van der Waals surface area (Å²) in [5.74, 6) is 0.904. The van der Waals surface area contributed by atoms with Gasteiger partial charge in [0.1, 0.15) is 5.82 Å². The van der Waals surface area contributed by atoms with Crippen LogP contribution in [0.25, 0.3) is 10.9 Å². The zero-order chi connectivity index (χ0) is 15.0. The number of anilines is 2. The largest absolute Gasteiger partial charge is 0.340 e. The van der Waals surface area contributed by atoms with E-state index in [1.807, 2.05) is 12.1 Å². The Balaban J connectivity index is 0.00000176. The molecule has 0 radical (unpaired) electrons. The van der Waals surface area contributed by atoms with Gasteiger partial charge < -0.3 is 5.32 Å². The van der Waals surface area contributed by atoms with Crippen LogP contribution in [0, 0.1) is 27.7 Å². The smallest absolute Gasteiger partial charge is 0.131 e. The summed E-state index contributed by atoms with van der Waals surface area (Å²) in [6.07, 6.45) is 0. The van der Waals surface area contributed by atoms with E-state index in [1.165, 1.54) is 27.6 Å². The SMILES string of the molecule is Cc1cc(C)c2nc(Nc3ccccc3C)cc(C)c2c1.Cl. The van der Waals surface area contributed by atoms with Gasteiger partial charge in [-0.05, 0) is 62.6 Å². The Morgan fingerprint density at radius 3 is 2.27 bits per heavy atom. The molecule has 0 aliphatic heterocycles. The maximum Gasteiger partial charge on any atom is 0.131 e. The number of hydrogen-bond donors (Lipinski definition) is 1. The van der Waals surface area contributed by atoms with Crippen molar-refractivity contribution in [3.63, 3.8) is 0 Å². The molecule has 1 aromatic heterocycles. The van der Waals surface area contributed by atoms with Gasteiger partial charge in [0, 0.05) is 11.1 Å². The Bertz CT molecular complexity index is 825. The second-order valence-electron chi connectivity index (χ2n) is 5.74. The number of halogens is 1. The van der Waals surface area contributed by atoms with Crippen molar-refractivity contribution in [3.05, 3.63) is 64.7 Å². The molecule has 2 aromatic carbocycles. The van der Waals surface area contributed by atoms with E-state index in [9.17, 15) is 0 Å². The standard InChI is InChI=1S/C19H20N2.ClH/c1-12-9-15(4)19-16(10-12)14(3)11-18(21-19)20-17-8-6-5-7-13(17)2;/h5-11H,1-4H3,(H,20,21);1H. The highest BCUT2D eigenvalue weighted by Crippen LogP contribution is 2.26. The van der Waals surface area contributed by atoms with Crippen molar-refractivity contribution < 1.29 is 0 Å². The highest BCUT2D eigenvalue weighted by Gasteiger charge is 2.07. The Kier molecular flexibility index (Phi) is 4.72. The number of aryl methyl sites for hydroxylation is 4. The Labute approximate surface area is 138 Å². The van der Waals surface area contributed by atoms with Gasteiger partial charge in [0.25, 0.3) is 0 Å². The van der Waals surface area contributed by atoms with E-state index in [-0.39, 0.29) is 12.4 Å². The van der Waals surface area contributed by atoms with E-state index in [4.69, 9.17) is 4.98 Å². The summed E-state index contributed by atoms with van der Waals surface area (Å²) in [6, 6.07) is 14.8. The van der Waals surface area contributed by atoms with Crippen molar-refractivity contribution in [2.75, 3.05) is 5.32 Å². The summed E-state index contributed by atoms with van der Waals surface area (Å²) >= 11 is 0.